The standard InChI is InChI=1S/C14H12ClN5O/c15-12-3-1-10(2-4-12)5-6-16-14-17-7-11(8-18-14)13-20-19-9-21-13/h1-4,7-9H,5-6H2,(H,16,17,18). The molecule has 0 aliphatic heterocycles. The fourth-order valence-corrected chi connectivity index (χ4v) is 1.92. The summed E-state index contributed by atoms with van der Waals surface area (Å²) in [6.07, 6.45) is 5.43. The maximum atomic E-state index is 5.85. The summed E-state index contributed by atoms with van der Waals surface area (Å²) in [6.45, 7) is 0.738. The monoisotopic (exact) mass is 301 g/mol. The van der Waals surface area contributed by atoms with Crippen LogP contribution in [0, 0.1) is 0 Å². The summed E-state index contributed by atoms with van der Waals surface area (Å²) in [4.78, 5) is 8.42. The fourth-order valence-electron chi connectivity index (χ4n) is 1.80. The first kappa shape index (κ1) is 13.5. The molecule has 0 aliphatic carbocycles. The second-order valence-corrected chi connectivity index (χ2v) is 4.78. The molecule has 7 heteroatoms. The maximum absolute atomic E-state index is 5.85. The van der Waals surface area contributed by atoms with Crippen molar-refractivity contribution in [1.82, 2.24) is 20.2 Å². The van der Waals surface area contributed by atoms with Crippen molar-refractivity contribution in [3.05, 3.63) is 53.6 Å². The van der Waals surface area contributed by atoms with E-state index >= 15 is 0 Å². The van der Waals surface area contributed by atoms with Crippen LogP contribution >= 0.6 is 11.6 Å². The number of benzene rings is 1. The smallest absolute Gasteiger partial charge is 0.250 e. The Morgan fingerprint density at radius 3 is 2.52 bits per heavy atom. The zero-order valence-electron chi connectivity index (χ0n) is 11.0. The van der Waals surface area contributed by atoms with Crippen LogP contribution in [0.5, 0.6) is 0 Å². The first-order valence-corrected chi connectivity index (χ1v) is 6.76. The molecule has 6 nitrogen and oxygen atoms in total. The lowest BCUT2D eigenvalue weighted by Crippen LogP contribution is -2.07. The molecule has 2 aromatic heterocycles. The van der Waals surface area contributed by atoms with E-state index < -0.39 is 0 Å². The second kappa shape index (κ2) is 6.32. The van der Waals surface area contributed by atoms with Gasteiger partial charge in [-0.1, -0.05) is 23.7 Å². The first-order valence-electron chi connectivity index (χ1n) is 6.38. The Bertz CT molecular complexity index is 682. The molecule has 0 unspecified atom stereocenters. The summed E-state index contributed by atoms with van der Waals surface area (Å²) < 4.78 is 5.07. The van der Waals surface area contributed by atoms with E-state index in [0.29, 0.717) is 17.4 Å². The molecule has 0 fully saturated rings. The van der Waals surface area contributed by atoms with E-state index in [1.165, 1.54) is 12.0 Å². The number of hydrogen-bond donors (Lipinski definition) is 1. The number of anilines is 1. The van der Waals surface area contributed by atoms with E-state index in [1.54, 1.807) is 12.4 Å². The summed E-state index contributed by atoms with van der Waals surface area (Å²) in [6, 6.07) is 7.77. The predicted octanol–water partition coefficient (Wildman–Crippen LogP) is 2.83. The zero-order chi connectivity index (χ0) is 14.5. The highest BCUT2D eigenvalue weighted by molar-refractivity contribution is 6.30. The molecule has 3 rings (SSSR count). The molecule has 1 aromatic carbocycles. The average Bonchev–Trinajstić information content (AvgIpc) is 3.04. The van der Waals surface area contributed by atoms with E-state index in [1.807, 2.05) is 24.3 Å². The van der Waals surface area contributed by atoms with Crippen LogP contribution in [0.15, 0.2) is 47.5 Å². The first-order chi connectivity index (χ1) is 10.3. The molecule has 0 saturated heterocycles. The van der Waals surface area contributed by atoms with Gasteiger partial charge in [0, 0.05) is 24.0 Å². The van der Waals surface area contributed by atoms with Crippen LogP contribution in [0.2, 0.25) is 5.02 Å². The molecule has 0 radical (unpaired) electrons. The van der Waals surface area contributed by atoms with Gasteiger partial charge >= 0.3 is 0 Å². The van der Waals surface area contributed by atoms with Gasteiger partial charge in [-0.15, -0.1) is 10.2 Å². The third-order valence-corrected chi connectivity index (χ3v) is 3.12. The highest BCUT2D eigenvalue weighted by Crippen LogP contribution is 2.14. The Kier molecular flexibility index (Phi) is 4.07. The van der Waals surface area contributed by atoms with E-state index in [9.17, 15) is 0 Å². The second-order valence-electron chi connectivity index (χ2n) is 4.34. The van der Waals surface area contributed by atoms with Crippen molar-refractivity contribution in [2.45, 2.75) is 6.42 Å². The van der Waals surface area contributed by atoms with Crippen molar-refractivity contribution in [3.8, 4) is 11.5 Å². The minimum atomic E-state index is 0.405. The van der Waals surface area contributed by atoms with Gasteiger partial charge in [0.25, 0.3) is 5.89 Å². The lowest BCUT2D eigenvalue weighted by molar-refractivity contribution is 0.568. The number of rotatable bonds is 5. The largest absolute Gasteiger partial charge is 0.423 e. The lowest BCUT2D eigenvalue weighted by Gasteiger charge is -2.05. The van der Waals surface area contributed by atoms with Gasteiger partial charge in [0.05, 0.1) is 5.56 Å². The topological polar surface area (TPSA) is 76.7 Å². The Morgan fingerprint density at radius 1 is 1.10 bits per heavy atom. The van der Waals surface area contributed by atoms with Crippen molar-refractivity contribution in [1.29, 1.82) is 0 Å². The molecule has 106 valence electrons. The van der Waals surface area contributed by atoms with Gasteiger partial charge in [-0.3, -0.25) is 0 Å². The molecular formula is C14H12ClN5O. The summed E-state index contributed by atoms with van der Waals surface area (Å²) in [5, 5.41) is 11.3. The highest BCUT2D eigenvalue weighted by atomic mass is 35.5. The Labute approximate surface area is 126 Å². The van der Waals surface area contributed by atoms with Crippen LogP contribution in [0.25, 0.3) is 11.5 Å². The van der Waals surface area contributed by atoms with Crippen LogP contribution < -0.4 is 5.32 Å². The maximum Gasteiger partial charge on any atom is 0.250 e. The van der Waals surface area contributed by atoms with Gasteiger partial charge in [-0.2, -0.15) is 0 Å². The number of nitrogens with zero attached hydrogens (tertiary/aromatic N) is 4. The number of nitrogens with one attached hydrogen (secondary N) is 1. The van der Waals surface area contributed by atoms with Gasteiger partial charge in [-0.25, -0.2) is 9.97 Å². The summed E-state index contributed by atoms with van der Waals surface area (Å²) >= 11 is 5.85. The molecular weight excluding hydrogens is 290 g/mol. The van der Waals surface area contributed by atoms with E-state index in [0.717, 1.165) is 18.0 Å². The number of aromatic nitrogens is 4. The highest BCUT2D eigenvalue weighted by Gasteiger charge is 2.04. The third-order valence-electron chi connectivity index (χ3n) is 2.87. The van der Waals surface area contributed by atoms with Gasteiger partial charge in [-0.05, 0) is 24.1 Å². The summed E-state index contributed by atoms with van der Waals surface area (Å²) in [5.74, 6) is 0.968. The van der Waals surface area contributed by atoms with Crippen molar-refractivity contribution in [2.75, 3.05) is 11.9 Å². The predicted molar refractivity (Wildman–Crippen MR) is 79.0 cm³/mol. The van der Waals surface area contributed by atoms with E-state index in [2.05, 4.69) is 25.5 Å². The van der Waals surface area contributed by atoms with Crippen molar-refractivity contribution >= 4 is 17.5 Å². The van der Waals surface area contributed by atoms with Gasteiger partial charge in [0.2, 0.25) is 12.3 Å². The van der Waals surface area contributed by atoms with Crippen LogP contribution in [0.3, 0.4) is 0 Å². The SMILES string of the molecule is Clc1ccc(CCNc2ncc(-c3nnco3)cn2)cc1. The van der Waals surface area contributed by atoms with Crippen molar-refractivity contribution < 1.29 is 4.42 Å². The summed E-state index contributed by atoms with van der Waals surface area (Å²) in [7, 11) is 0. The Morgan fingerprint density at radius 2 is 1.86 bits per heavy atom. The fraction of sp³-hybridized carbons (Fsp3) is 0.143. The zero-order valence-corrected chi connectivity index (χ0v) is 11.8. The molecule has 0 saturated carbocycles. The minimum Gasteiger partial charge on any atom is -0.423 e. The van der Waals surface area contributed by atoms with E-state index in [-0.39, 0.29) is 0 Å². The molecule has 0 spiro atoms. The Balaban J connectivity index is 1.55. The van der Waals surface area contributed by atoms with Crippen LogP contribution in [0.4, 0.5) is 5.95 Å². The molecule has 0 atom stereocenters. The average molecular weight is 302 g/mol. The number of halogens is 1. The summed E-state index contributed by atoms with van der Waals surface area (Å²) in [5.41, 5.74) is 1.89. The number of hydrogen-bond acceptors (Lipinski definition) is 6. The molecule has 0 aliphatic rings. The Hall–Kier alpha value is -2.47. The molecule has 21 heavy (non-hydrogen) atoms. The lowest BCUT2D eigenvalue weighted by atomic mass is 10.1. The molecule has 2 heterocycles. The molecule has 0 amide bonds. The van der Waals surface area contributed by atoms with Crippen LogP contribution in [0.1, 0.15) is 5.56 Å². The van der Waals surface area contributed by atoms with Crippen LogP contribution in [-0.2, 0) is 6.42 Å². The van der Waals surface area contributed by atoms with Gasteiger partial charge in [0.1, 0.15) is 0 Å². The molecule has 0 bridgehead atoms. The molecule has 3 aromatic rings. The van der Waals surface area contributed by atoms with Gasteiger partial charge < -0.3 is 9.73 Å². The third kappa shape index (κ3) is 3.55. The minimum absolute atomic E-state index is 0.405. The normalized spacial score (nSPS) is 10.5. The van der Waals surface area contributed by atoms with Crippen molar-refractivity contribution in [2.24, 2.45) is 0 Å². The van der Waals surface area contributed by atoms with Crippen molar-refractivity contribution in [3.63, 3.8) is 0 Å². The molecule has 1 N–H and O–H groups in total. The quantitative estimate of drug-likeness (QED) is 0.781. The van der Waals surface area contributed by atoms with Crippen LogP contribution in [-0.4, -0.2) is 26.7 Å². The van der Waals surface area contributed by atoms with E-state index in [4.69, 9.17) is 16.0 Å². The van der Waals surface area contributed by atoms with Gasteiger partial charge in [0.15, 0.2) is 0 Å².